The molecule has 0 saturated carbocycles. The largest absolute Gasteiger partial charge is 0.325 e. The van der Waals surface area contributed by atoms with E-state index in [1.54, 1.807) is 0 Å². The summed E-state index contributed by atoms with van der Waals surface area (Å²) in [7, 11) is -7.14. The van der Waals surface area contributed by atoms with Crippen molar-refractivity contribution in [2.24, 2.45) is 5.73 Å². The Balaban J connectivity index is 2.69. The fourth-order valence-corrected chi connectivity index (χ4v) is 4.64. The second-order valence-corrected chi connectivity index (χ2v) is 7.71. The van der Waals surface area contributed by atoms with Gasteiger partial charge in [0.2, 0.25) is 10.0 Å². The standard InChI is InChI=1S/C5H12N2O4S2/c1-12(8,9)4-13(10,11)7-2-5(6)3-7/h5H,2-4,6H2,1H3. The lowest BCUT2D eigenvalue weighted by Gasteiger charge is -2.35. The van der Waals surface area contributed by atoms with E-state index in [4.69, 9.17) is 5.73 Å². The van der Waals surface area contributed by atoms with E-state index in [-0.39, 0.29) is 19.1 Å². The molecule has 1 aliphatic rings. The van der Waals surface area contributed by atoms with E-state index >= 15 is 0 Å². The average Bonchev–Trinajstić information content (AvgIpc) is 1.74. The van der Waals surface area contributed by atoms with Crippen LogP contribution in [-0.2, 0) is 19.9 Å². The molecule has 0 aliphatic carbocycles. The highest BCUT2D eigenvalue weighted by molar-refractivity contribution is 8.06. The van der Waals surface area contributed by atoms with Crippen LogP contribution in [0, 0.1) is 0 Å². The zero-order valence-corrected chi connectivity index (χ0v) is 8.81. The van der Waals surface area contributed by atoms with Crippen LogP contribution in [0.1, 0.15) is 0 Å². The summed E-state index contributed by atoms with van der Waals surface area (Å²) >= 11 is 0. The molecule has 6 nitrogen and oxygen atoms in total. The molecule has 0 spiro atoms. The van der Waals surface area contributed by atoms with E-state index in [2.05, 4.69) is 0 Å². The van der Waals surface area contributed by atoms with Crippen LogP contribution in [0.2, 0.25) is 0 Å². The first kappa shape index (κ1) is 10.9. The molecule has 0 aromatic heterocycles. The SMILES string of the molecule is CS(=O)(=O)CS(=O)(=O)N1CC(N)C1. The maximum atomic E-state index is 11.3. The summed E-state index contributed by atoms with van der Waals surface area (Å²) in [5.41, 5.74) is 5.37. The Labute approximate surface area is 77.7 Å². The lowest BCUT2D eigenvalue weighted by Crippen LogP contribution is -2.58. The lowest BCUT2D eigenvalue weighted by atomic mass is 10.2. The van der Waals surface area contributed by atoms with E-state index in [0.29, 0.717) is 0 Å². The van der Waals surface area contributed by atoms with Crippen molar-refractivity contribution in [3.63, 3.8) is 0 Å². The Bertz CT molecular complexity index is 379. The first-order valence-electron chi connectivity index (χ1n) is 3.62. The molecule has 1 rings (SSSR count). The molecule has 0 aromatic rings. The highest BCUT2D eigenvalue weighted by atomic mass is 32.3. The molecule has 0 amide bonds. The molecular formula is C5H12N2O4S2. The normalized spacial score (nSPS) is 21.4. The van der Waals surface area contributed by atoms with Gasteiger partial charge in [-0.05, 0) is 0 Å². The number of nitrogens with zero attached hydrogens (tertiary/aromatic N) is 1. The van der Waals surface area contributed by atoms with Gasteiger partial charge in [0.15, 0.2) is 14.9 Å². The minimum atomic E-state index is -3.65. The number of hydrogen-bond acceptors (Lipinski definition) is 5. The Kier molecular flexibility index (Phi) is 2.68. The van der Waals surface area contributed by atoms with E-state index in [9.17, 15) is 16.8 Å². The summed E-state index contributed by atoms with van der Waals surface area (Å²) in [6, 6.07) is -0.158. The predicted molar refractivity (Wildman–Crippen MR) is 48.2 cm³/mol. The molecule has 1 aliphatic heterocycles. The minimum absolute atomic E-state index is 0.158. The van der Waals surface area contributed by atoms with E-state index in [1.165, 1.54) is 0 Å². The van der Waals surface area contributed by atoms with Gasteiger partial charge in [-0.3, -0.25) is 0 Å². The second-order valence-electron chi connectivity index (χ2n) is 3.23. The molecule has 2 N–H and O–H groups in total. The van der Waals surface area contributed by atoms with Crippen LogP contribution >= 0.6 is 0 Å². The monoisotopic (exact) mass is 228 g/mol. The van der Waals surface area contributed by atoms with E-state index < -0.39 is 24.9 Å². The molecule has 0 atom stereocenters. The third-order valence-electron chi connectivity index (χ3n) is 1.63. The third kappa shape index (κ3) is 2.90. The van der Waals surface area contributed by atoms with Gasteiger partial charge in [0, 0.05) is 25.4 Å². The Morgan fingerprint density at radius 2 is 1.77 bits per heavy atom. The van der Waals surface area contributed by atoms with E-state index in [0.717, 1.165) is 10.6 Å². The Hall–Kier alpha value is -0.180. The quantitative estimate of drug-likeness (QED) is 0.600. The fraction of sp³-hybridized carbons (Fsp3) is 1.00. The van der Waals surface area contributed by atoms with Crippen LogP contribution in [0.3, 0.4) is 0 Å². The van der Waals surface area contributed by atoms with Crippen molar-refractivity contribution < 1.29 is 16.8 Å². The lowest BCUT2D eigenvalue weighted by molar-refractivity contribution is 0.267. The highest BCUT2D eigenvalue weighted by Crippen LogP contribution is 2.13. The van der Waals surface area contributed by atoms with Crippen molar-refractivity contribution in [1.29, 1.82) is 0 Å². The number of rotatable bonds is 3. The van der Waals surface area contributed by atoms with Crippen LogP contribution in [-0.4, -0.2) is 51.6 Å². The number of nitrogens with two attached hydrogens (primary N) is 1. The first-order valence-corrected chi connectivity index (χ1v) is 7.29. The topological polar surface area (TPSA) is 97.5 Å². The minimum Gasteiger partial charge on any atom is -0.325 e. The van der Waals surface area contributed by atoms with Crippen molar-refractivity contribution in [2.75, 3.05) is 24.4 Å². The summed E-state index contributed by atoms with van der Waals surface area (Å²) < 4.78 is 45.1. The van der Waals surface area contributed by atoms with Crippen LogP contribution < -0.4 is 5.73 Å². The van der Waals surface area contributed by atoms with Gasteiger partial charge in [-0.25, -0.2) is 16.8 Å². The fourth-order valence-electron chi connectivity index (χ4n) is 1.04. The molecule has 0 bridgehead atoms. The van der Waals surface area contributed by atoms with Gasteiger partial charge in [-0.15, -0.1) is 0 Å². The Morgan fingerprint density at radius 1 is 1.31 bits per heavy atom. The Morgan fingerprint density at radius 3 is 2.08 bits per heavy atom. The van der Waals surface area contributed by atoms with Crippen molar-refractivity contribution in [3.05, 3.63) is 0 Å². The van der Waals surface area contributed by atoms with Gasteiger partial charge in [-0.2, -0.15) is 4.31 Å². The van der Waals surface area contributed by atoms with E-state index in [1.807, 2.05) is 0 Å². The number of hydrogen-bond donors (Lipinski definition) is 1. The van der Waals surface area contributed by atoms with Crippen LogP contribution in [0.5, 0.6) is 0 Å². The molecule has 1 heterocycles. The van der Waals surface area contributed by atoms with Crippen molar-refractivity contribution in [1.82, 2.24) is 4.31 Å². The smallest absolute Gasteiger partial charge is 0.228 e. The van der Waals surface area contributed by atoms with Gasteiger partial charge in [0.1, 0.15) is 0 Å². The van der Waals surface area contributed by atoms with Crippen LogP contribution in [0.15, 0.2) is 0 Å². The number of sulfone groups is 1. The summed E-state index contributed by atoms with van der Waals surface area (Å²) in [6.45, 7) is 0.440. The van der Waals surface area contributed by atoms with Crippen molar-refractivity contribution in [3.8, 4) is 0 Å². The maximum Gasteiger partial charge on any atom is 0.228 e. The molecule has 1 fully saturated rings. The zero-order chi connectivity index (χ0) is 10.3. The molecule has 8 heteroatoms. The maximum absolute atomic E-state index is 11.3. The molecule has 0 unspecified atom stereocenters. The second kappa shape index (κ2) is 3.19. The number of sulfonamides is 1. The molecule has 78 valence electrons. The van der Waals surface area contributed by atoms with Gasteiger partial charge >= 0.3 is 0 Å². The van der Waals surface area contributed by atoms with Crippen molar-refractivity contribution >= 4 is 19.9 Å². The predicted octanol–water partition coefficient (Wildman–Crippen LogP) is -2.04. The molecular weight excluding hydrogens is 216 g/mol. The van der Waals surface area contributed by atoms with Gasteiger partial charge in [-0.1, -0.05) is 0 Å². The van der Waals surface area contributed by atoms with Gasteiger partial charge in [0.25, 0.3) is 0 Å². The highest BCUT2D eigenvalue weighted by Gasteiger charge is 2.35. The first-order chi connectivity index (χ1) is 5.71. The van der Waals surface area contributed by atoms with Gasteiger partial charge < -0.3 is 5.73 Å². The van der Waals surface area contributed by atoms with Gasteiger partial charge in [0.05, 0.1) is 0 Å². The zero-order valence-electron chi connectivity index (χ0n) is 7.17. The summed E-state index contributed by atoms with van der Waals surface area (Å²) in [5.74, 6) is 0. The molecule has 0 radical (unpaired) electrons. The molecule has 0 aromatic carbocycles. The summed E-state index contributed by atoms with van der Waals surface area (Å²) in [4.78, 5) is 0. The average molecular weight is 228 g/mol. The molecule has 1 saturated heterocycles. The van der Waals surface area contributed by atoms with Crippen molar-refractivity contribution in [2.45, 2.75) is 6.04 Å². The summed E-state index contributed by atoms with van der Waals surface area (Å²) in [6.07, 6.45) is 0.893. The van der Waals surface area contributed by atoms with Crippen LogP contribution in [0.25, 0.3) is 0 Å². The van der Waals surface area contributed by atoms with Crippen LogP contribution in [0.4, 0.5) is 0 Å². The molecule has 13 heavy (non-hydrogen) atoms. The summed E-state index contributed by atoms with van der Waals surface area (Å²) in [5, 5.41) is -0.827. The third-order valence-corrected chi connectivity index (χ3v) is 5.62.